The molecule has 1 fully saturated rings. The van der Waals surface area contributed by atoms with Gasteiger partial charge >= 0.3 is 0 Å². The first kappa shape index (κ1) is 16.0. The van der Waals surface area contributed by atoms with Gasteiger partial charge in [0.25, 0.3) is 0 Å². The van der Waals surface area contributed by atoms with Crippen LogP contribution >= 0.6 is 0 Å². The predicted molar refractivity (Wildman–Crippen MR) is 91.0 cm³/mol. The van der Waals surface area contributed by atoms with E-state index in [1.807, 2.05) is 24.3 Å². The van der Waals surface area contributed by atoms with Gasteiger partial charge in [-0.05, 0) is 18.6 Å². The van der Waals surface area contributed by atoms with Gasteiger partial charge in [0.05, 0.1) is 13.2 Å². The molecule has 6 heteroatoms. The van der Waals surface area contributed by atoms with Gasteiger partial charge in [-0.25, -0.2) is 0 Å². The lowest BCUT2D eigenvalue weighted by Gasteiger charge is -2.26. The molecule has 1 saturated heterocycles. The Morgan fingerprint density at radius 1 is 1.35 bits per heavy atom. The van der Waals surface area contributed by atoms with Crippen LogP contribution in [0.2, 0.25) is 0 Å². The second-order valence-electron chi connectivity index (χ2n) is 5.84. The Balaban J connectivity index is 1.52. The molecule has 0 saturated carbocycles. The van der Waals surface area contributed by atoms with E-state index in [4.69, 9.17) is 4.74 Å². The number of aliphatic imine (C=N–C) groups is 1. The van der Waals surface area contributed by atoms with Crippen molar-refractivity contribution >= 4 is 17.4 Å². The lowest BCUT2D eigenvalue weighted by molar-refractivity contribution is -0.116. The summed E-state index contributed by atoms with van der Waals surface area (Å²) in [5, 5.41) is 6.28. The first-order valence-electron chi connectivity index (χ1n) is 8.30. The summed E-state index contributed by atoms with van der Waals surface area (Å²) >= 11 is 0. The van der Waals surface area contributed by atoms with Crippen LogP contribution in [-0.2, 0) is 9.53 Å². The Kier molecular flexibility index (Phi) is 5.60. The number of nitrogens with zero attached hydrogens (tertiary/aromatic N) is 2. The van der Waals surface area contributed by atoms with Crippen LogP contribution in [0, 0.1) is 0 Å². The van der Waals surface area contributed by atoms with Crippen LogP contribution in [0.25, 0.3) is 0 Å². The number of carbonyl (C=O) groups excluding carboxylic acids is 1. The van der Waals surface area contributed by atoms with Crippen molar-refractivity contribution < 1.29 is 9.53 Å². The maximum absolute atomic E-state index is 12.1. The highest BCUT2D eigenvalue weighted by Gasteiger charge is 2.13. The minimum Gasteiger partial charge on any atom is -0.379 e. The van der Waals surface area contributed by atoms with E-state index in [9.17, 15) is 4.79 Å². The number of ether oxygens (including phenoxy) is 1. The molecular formula is C17H24N4O2. The van der Waals surface area contributed by atoms with E-state index in [0.717, 1.165) is 69.4 Å². The molecule has 2 aliphatic rings. The minimum absolute atomic E-state index is 0.0483. The number of rotatable bonds is 5. The fraction of sp³-hybridized carbons (Fsp3) is 0.529. The van der Waals surface area contributed by atoms with Crippen molar-refractivity contribution in [1.82, 2.24) is 10.2 Å². The first-order valence-corrected chi connectivity index (χ1v) is 8.30. The lowest BCUT2D eigenvalue weighted by Crippen LogP contribution is -2.38. The molecule has 0 unspecified atom stereocenters. The molecule has 23 heavy (non-hydrogen) atoms. The maximum atomic E-state index is 12.1. The van der Waals surface area contributed by atoms with E-state index in [2.05, 4.69) is 20.5 Å². The average Bonchev–Trinajstić information content (AvgIpc) is 2.62. The molecule has 6 nitrogen and oxygen atoms in total. The van der Waals surface area contributed by atoms with Crippen LogP contribution in [0.3, 0.4) is 0 Å². The van der Waals surface area contributed by atoms with Crippen LogP contribution < -0.4 is 10.6 Å². The second-order valence-corrected chi connectivity index (χ2v) is 5.84. The molecule has 1 amide bonds. The Hall–Kier alpha value is -1.92. The second kappa shape index (κ2) is 8.08. The predicted octanol–water partition coefficient (Wildman–Crippen LogP) is 1.09. The molecule has 0 atom stereocenters. The summed E-state index contributed by atoms with van der Waals surface area (Å²) in [4.78, 5) is 18.9. The van der Waals surface area contributed by atoms with Crippen molar-refractivity contribution in [3.63, 3.8) is 0 Å². The summed E-state index contributed by atoms with van der Waals surface area (Å²) in [5.74, 6) is 0.966. The molecular weight excluding hydrogens is 292 g/mol. The number of benzene rings is 1. The molecule has 2 heterocycles. The summed E-state index contributed by atoms with van der Waals surface area (Å²) in [6.45, 7) is 5.94. The highest BCUT2D eigenvalue weighted by atomic mass is 16.5. The molecule has 3 rings (SSSR count). The van der Waals surface area contributed by atoms with Gasteiger partial charge in [-0.15, -0.1) is 0 Å². The summed E-state index contributed by atoms with van der Waals surface area (Å²) in [5.41, 5.74) is 1.85. The average molecular weight is 316 g/mol. The molecule has 0 aromatic heterocycles. The van der Waals surface area contributed by atoms with E-state index in [0.29, 0.717) is 6.42 Å². The van der Waals surface area contributed by atoms with Gasteiger partial charge in [0, 0.05) is 50.4 Å². The summed E-state index contributed by atoms with van der Waals surface area (Å²) in [6.07, 6.45) is 1.57. The van der Waals surface area contributed by atoms with Crippen LogP contribution in [0.1, 0.15) is 18.4 Å². The van der Waals surface area contributed by atoms with Crippen LogP contribution in [-0.4, -0.2) is 62.6 Å². The fourth-order valence-corrected chi connectivity index (χ4v) is 2.78. The van der Waals surface area contributed by atoms with Gasteiger partial charge in [-0.3, -0.25) is 14.7 Å². The Morgan fingerprint density at radius 2 is 2.22 bits per heavy atom. The van der Waals surface area contributed by atoms with E-state index < -0.39 is 0 Å². The molecule has 124 valence electrons. The molecule has 1 aromatic rings. The largest absolute Gasteiger partial charge is 0.379 e. The minimum atomic E-state index is 0.0483. The number of hydrogen-bond acceptors (Lipinski definition) is 5. The van der Waals surface area contributed by atoms with Crippen LogP contribution in [0.15, 0.2) is 29.3 Å². The van der Waals surface area contributed by atoms with Gasteiger partial charge in [-0.1, -0.05) is 12.1 Å². The molecule has 0 spiro atoms. The standard InChI is InChI=1S/C17H24N4O2/c22-16(5-8-21-9-11-23-12-10-21)20-15-4-1-3-14(13-15)17-18-6-2-7-19-17/h1,3-4,13H,2,5-12H2,(H,18,19)(H,20,22). The third-order valence-electron chi connectivity index (χ3n) is 4.08. The smallest absolute Gasteiger partial charge is 0.225 e. The number of nitrogens with one attached hydrogen (secondary N) is 2. The number of morpholine rings is 1. The third kappa shape index (κ3) is 4.77. The molecule has 2 N–H and O–H groups in total. The molecule has 1 aromatic carbocycles. The van der Waals surface area contributed by atoms with Gasteiger partial charge in [0.1, 0.15) is 5.84 Å². The van der Waals surface area contributed by atoms with Crippen molar-refractivity contribution in [2.75, 3.05) is 51.3 Å². The van der Waals surface area contributed by atoms with Gasteiger partial charge in [0.15, 0.2) is 0 Å². The van der Waals surface area contributed by atoms with Gasteiger partial charge < -0.3 is 15.4 Å². The molecule has 2 aliphatic heterocycles. The maximum Gasteiger partial charge on any atom is 0.225 e. The van der Waals surface area contributed by atoms with Gasteiger partial charge in [0.2, 0.25) is 5.91 Å². The zero-order valence-electron chi connectivity index (χ0n) is 13.4. The Bertz CT molecular complexity index is 567. The highest BCUT2D eigenvalue weighted by molar-refractivity contribution is 6.00. The zero-order valence-corrected chi connectivity index (χ0v) is 13.4. The lowest BCUT2D eigenvalue weighted by atomic mass is 10.1. The van der Waals surface area contributed by atoms with E-state index in [1.165, 1.54) is 0 Å². The van der Waals surface area contributed by atoms with E-state index >= 15 is 0 Å². The molecule has 0 radical (unpaired) electrons. The van der Waals surface area contributed by atoms with E-state index in [-0.39, 0.29) is 5.91 Å². The summed E-state index contributed by atoms with van der Waals surface area (Å²) < 4.78 is 5.31. The number of amides is 1. The van der Waals surface area contributed by atoms with Crippen molar-refractivity contribution in [2.24, 2.45) is 4.99 Å². The molecule has 0 aliphatic carbocycles. The molecule has 0 bridgehead atoms. The van der Waals surface area contributed by atoms with Crippen LogP contribution in [0.5, 0.6) is 0 Å². The van der Waals surface area contributed by atoms with Crippen molar-refractivity contribution in [1.29, 1.82) is 0 Å². The number of carbonyl (C=O) groups is 1. The van der Waals surface area contributed by atoms with Crippen molar-refractivity contribution in [3.8, 4) is 0 Å². The quantitative estimate of drug-likeness (QED) is 0.853. The van der Waals surface area contributed by atoms with E-state index in [1.54, 1.807) is 0 Å². The topological polar surface area (TPSA) is 66.0 Å². The van der Waals surface area contributed by atoms with Crippen LogP contribution in [0.4, 0.5) is 5.69 Å². The number of hydrogen-bond donors (Lipinski definition) is 2. The third-order valence-corrected chi connectivity index (χ3v) is 4.08. The zero-order chi connectivity index (χ0) is 15.9. The first-order chi connectivity index (χ1) is 11.3. The van der Waals surface area contributed by atoms with Gasteiger partial charge in [-0.2, -0.15) is 0 Å². The highest BCUT2D eigenvalue weighted by Crippen LogP contribution is 2.13. The van der Waals surface area contributed by atoms with Crippen molar-refractivity contribution in [3.05, 3.63) is 29.8 Å². The number of amidine groups is 1. The Morgan fingerprint density at radius 3 is 3.00 bits per heavy atom. The summed E-state index contributed by atoms with van der Waals surface area (Å²) in [7, 11) is 0. The monoisotopic (exact) mass is 316 g/mol. The van der Waals surface area contributed by atoms with Crippen molar-refractivity contribution in [2.45, 2.75) is 12.8 Å². The fourth-order valence-electron chi connectivity index (χ4n) is 2.78. The Labute approximate surface area is 136 Å². The SMILES string of the molecule is O=C(CCN1CCOCC1)Nc1cccc(C2=NCCCN2)c1. The number of anilines is 1. The normalized spacial score (nSPS) is 18.9. The summed E-state index contributed by atoms with van der Waals surface area (Å²) in [6, 6.07) is 7.86.